The Labute approximate surface area is 103 Å². The van der Waals surface area contributed by atoms with Gasteiger partial charge in [-0.1, -0.05) is 18.2 Å². The lowest BCUT2D eigenvalue weighted by Crippen LogP contribution is -2.12. The molecule has 0 aliphatic rings. The molecule has 1 amide bonds. The fourth-order valence-corrected chi connectivity index (χ4v) is 1.40. The van der Waals surface area contributed by atoms with E-state index in [1.54, 1.807) is 4.57 Å². The second-order valence-corrected chi connectivity index (χ2v) is 3.41. The zero-order valence-electron chi connectivity index (χ0n) is 9.45. The maximum atomic E-state index is 11.9. The molecule has 1 aromatic carbocycles. The fraction of sp³-hybridized carbons (Fsp3) is 0.0833. The van der Waals surface area contributed by atoms with E-state index in [1.165, 1.54) is 6.33 Å². The maximum absolute atomic E-state index is 11.9. The third-order valence-corrected chi connectivity index (χ3v) is 2.18. The number of nitrogens with one attached hydrogen (secondary N) is 1. The molecular formula is C12H11FN4O. The fourth-order valence-electron chi connectivity index (χ4n) is 1.40. The Bertz CT molecular complexity index is 550. The van der Waals surface area contributed by atoms with Gasteiger partial charge in [0.1, 0.15) is 13.0 Å². The van der Waals surface area contributed by atoms with Crippen molar-refractivity contribution in [3.8, 4) is 5.69 Å². The van der Waals surface area contributed by atoms with Gasteiger partial charge in [-0.05, 0) is 18.2 Å². The minimum absolute atomic E-state index is 0.287. The summed E-state index contributed by atoms with van der Waals surface area (Å²) in [4.78, 5) is 11.4. The molecule has 18 heavy (non-hydrogen) atoms. The molecule has 0 saturated heterocycles. The van der Waals surface area contributed by atoms with E-state index < -0.39 is 12.6 Å². The van der Waals surface area contributed by atoms with Crippen LogP contribution in [0, 0.1) is 0 Å². The van der Waals surface area contributed by atoms with Crippen molar-refractivity contribution in [2.45, 2.75) is 0 Å². The summed E-state index contributed by atoms with van der Waals surface area (Å²) in [6, 6.07) is 9.33. The number of hydrogen-bond donors (Lipinski definition) is 1. The molecule has 0 bridgehead atoms. The Hall–Kier alpha value is -2.50. The molecule has 2 aromatic rings. The van der Waals surface area contributed by atoms with Crippen molar-refractivity contribution in [1.29, 1.82) is 0 Å². The van der Waals surface area contributed by atoms with Gasteiger partial charge in [-0.2, -0.15) is 0 Å². The zero-order valence-corrected chi connectivity index (χ0v) is 9.45. The molecular weight excluding hydrogens is 235 g/mol. The Morgan fingerprint density at radius 2 is 2.17 bits per heavy atom. The standard InChI is InChI=1S/C12H11FN4O/c13-8-4-7-11(18)15-12-16-14-9-17(12)10-5-2-1-3-6-10/h1-7,9H,8H2,(H,15,16,18)/b7-4+. The van der Waals surface area contributed by atoms with Gasteiger partial charge in [0.2, 0.25) is 11.9 Å². The van der Waals surface area contributed by atoms with Crippen LogP contribution < -0.4 is 5.32 Å². The molecule has 1 heterocycles. The molecule has 92 valence electrons. The molecule has 6 heteroatoms. The summed E-state index contributed by atoms with van der Waals surface area (Å²) in [6.45, 7) is -0.682. The van der Waals surface area contributed by atoms with Crippen LogP contribution in [0.3, 0.4) is 0 Å². The third kappa shape index (κ3) is 2.79. The lowest BCUT2D eigenvalue weighted by Gasteiger charge is -2.05. The number of benzene rings is 1. The maximum Gasteiger partial charge on any atom is 0.250 e. The van der Waals surface area contributed by atoms with Gasteiger partial charge in [0, 0.05) is 6.08 Å². The topological polar surface area (TPSA) is 59.8 Å². The van der Waals surface area contributed by atoms with Crippen LogP contribution in [0.2, 0.25) is 0 Å². The average Bonchev–Trinajstić information content (AvgIpc) is 2.85. The molecule has 0 aliphatic heterocycles. The molecule has 0 fully saturated rings. The quantitative estimate of drug-likeness (QED) is 0.836. The van der Waals surface area contributed by atoms with Crippen LogP contribution in [0.4, 0.5) is 10.3 Å². The van der Waals surface area contributed by atoms with E-state index in [1.807, 2.05) is 30.3 Å². The molecule has 0 saturated carbocycles. The zero-order chi connectivity index (χ0) is 12.8. The van der Waals surface area contributed by atoms with Crippen LogP contribution in [0.25, 0.3) is 5.69 Å². The van der Waals surface area contributed by atoms with Gasteiger partial charge in [0.15, 0.2) is 0 Å². The lowest BCUT2D eigenvalue weighted by atomic mass is 10.3. The number of nitrogens with zero attached hydrogens (tertiary/aromatic N) is 3. The molecule has 0 spiro atoms. The van der Waals surface area contributed by atoms with Crippen molar-refractivity contribution in [1.82, 2.24) is 14.8 Å². The van der Waals surface area contributed by atoms with Crippen molar-refractivity contribution < 1.29 is 9.18 Å². The average molecular weight is 246 g/mol. The molecule has 0 atom stereocenters. The van der Waals surface area contributed by atoms with Crippen molar-refractivity contribution in [3.63, 3.8) is 0 Å². The monoisotopic (exact) mass is 246 g/mol. The van der Waals surface area contributed by atoms with E-state index in [2.05, 4.69) is 15.5 Å². The second kappa shape index (κ2) is 5.72. The van der Waals surface area contributed by atoms with Crippen molar-refractivity contribution in [3.05, 3.63) is 48.8 Å². The van der Waals surface area contributed by atoms with E-state index in [4.69, 9.17) is 0 Å². The first-order valence-electron chi connectivity index (χ1n) is 5.30. The van der Waals surface area contributed by atoms with Gasteiger partial charge in [0.25, 0.3) is 0 Å². The number of carbonyl (C=O) groups excluding carboxylic acids is 1. The van der Waals surface area contributed by atoms with Gasteiger partial charge in [-0.15, -0.1) is 10.2 Å². The van der Waals surface area contributed by atoms with Crippen LogP contribution in [0.5, 0.6) is 0 Å². The summed E-state index contributed by atoms with van der Waals surface area (Å²) in [5, 5.41) is 10.0. The minimum atomic E-state index is -0.682. The summed E-state index contributed by atoms with van der Waals surface area (Å²) in [7, 11) is 0. The van der Waals surface area contributed by atoms with Crippen LogP contribution >= 0.6 is 0 Å². The molecule has 1 aromatic heterocycles. The van der Waals surface area contributed by atoms with E-state index in [0.29, 0.717) is 0 Å². The first kappa shape index (κ1) is 12.0. The number of amides is 1. The Morgan fingerprint density at radius 1 is 1.39 bits per heavy atom. The normalized spacial score (nSPS) is 10.7. The van der Waals surface area contributed by atoms with Crippen LogP contribution in [0.1, 0.15) is 0 Å². The van der Waals surface area contributed by atoms with Crippen LogP contribution in [-0.4, -0.2) is 27.3 Å². The molecule has 0 radical (unpaired) electrons. The largest absolute Gasteiger partial charge is 0.291 e. The highest BCUT2D eigenvalue weighted by Gasteiger charge is 2.07. The number of aromatic nitrogens is 3. The highest BCUT2D eigenvalue weighted by molar-refractivity contribution is 5.98. The SMILES string of the molecule is O=C(/C=C/CF)Nc1nncn1-c1ccccc1. The molecule has 5 nitrogen and oxygen atoms in total. The van der Waals surface area contributed by atoms with Crippen LogP contribution in [0.15, 0.2) is 48.8 Å². The Balaban J connectivity index is 2.19. The number of rotatable bonds is 4. The minimum Gasteiger partial charge on any atom is -0.291 e. The summed E-state index contributed by atoms with van der Waals surface area (Å²) in [5.41, 5.74) is 0.826. The van der Waals surface area contributed by atoms with Gasteiger partial charge < -0.3 is 0 Å². The Morgan fingerprint density at radius 3 is 2.89 bits per heavy atom. The molecule has 0 unspecified atom stereocenters. The number of hydrogen-bond acceptors (Lipinski definition) is 3. The van der Waals surface area contributed by atoms with Gasteiger partial charge in [-0.25, -0.2) is 4.39 Å². The molecule has 2 rings (SSSR count). The van der Waals surface area contributed by atoms with E-state index in [9.17, 15) is 9.18 Å². The van der Waals surface area contributed by atoms with Gasteiger partial charge >= 0.3 is 0 Å². The summed E-state index contributed by atoms with van der Waals surface area (Å²) < 4.78 is 13.5. The highest BCUT2D eigenvalue weighted by atomic mass is 19.1. The molecule has 1 N–H and O–H groups in total. The number of halogens is 1. The number of alkyl halides is 1. The van der Waals surface area contributed by atoms with Gasteiger partial charge in [-0.3, -0.25) is 14.7 Å². The number of allylic oxidation sites excluding steroid dienone is 1. The highest BCUT2D eigenvalue weighted by Crippen LogP contribution is 2.12. The first-order valence-corrected chi connectivity index (χ1v) is 5.30. The van der Waals surface area contributed by atoms with E-state index in [-0.39, 0.29) is 5.95 Å². The number of para-hydroxylation sites is 1. The predicted octanol–water partition coefficient (Wildman–Crippen LogP) is 1.73. The molecule has 0 aliphatic carbocycles. The third-order valence-electron chi connectivity index (χ3n) is 2.18. The first-order chi connectivity index (χ1) is 8.81. The van der Waals surface area contributed by atoms with Crippen molar-refractivity contribution in [2.24, 2.45) is 0 Å². The summed E-state index contributed by atoms with van der Waals surface area (Å²) >= 11 is 0. The predicted molar refractivity (Wildman–Crippen MR) is 65.1 cm³/mol. The van der Waals surface area contributed by atoms with Gasteiger partial charge in [0.05, 0.1) is 5.69 Å². The lowest BCUT2D eigenvalue weighted by molar-refractivity contribution is -0.112. The smallest absolute Gasteiger partial charge is 0.250 e. The second-order valence-electron chi connectivity index (χ2n) is 3.41. The van der Waals surface area contributed by atoms with E-state index >= 15 is 0 Å². The Kier molecular flexibility index (Phi) is 3.80. The summed E-state index contributed by atoms with van der Waals surface area (Å²) in [6.07, 6.45) is 3.73. The van der Waals surface area contributed by atoms with Crippen molar-refractivity contribution in [2.75, 3.05) is 12.0 Å². The number of carbonyl (C=O) groups is 1. The van der Waals surface area contributed by atoms with E-state index in [0.717, 1.165) is 17.8 Å². The van der Waals surface area contributed by atoms with Crippen molar-refractivity contribution >= 4 is 11.9 Å². The number of anilines is 1. The summed E-state index contributed by atoms with van der Waals surface area (Å²) in [5.74, 6) is -0.160. The van der Waals surface area contributed by atoms with Crippen LogP contribution in [-0.2, 0) is 4.79 Å².